The molecule has 0 radical (unpaired) electrons. The van der Waals surface area contributed by atoms with Gasteiger partial charge in [0.25, 0.3) is 0 Å². The van der Waals surface area contributed by atoms with Crippen LogP contribution in [0.2, 0.25) is 0 Å². The molecule has 1 heterocycles. The second-order valence-electron chi connectivity index (χ2n) is 6.88. The van der Waals surface area contributed by atoms with Gasteiger partial charge in [0.05, 0.1) is 11.4 Å². The van der Waals surface area contributed by atoms with Gasteiger partial charge in [-0.15, -0.1) is 0 Å². The quantitative estimate of drug-likeness (QED) is 0.524. The molecule has 0 fully saturated rings. The SMILES string of the molecule is NCCCCCCC(=O)NCc1cn(-c2ccccc2)nc1-c1ccccc1. The first-order valence-corrected chi connectivity index (χ1v) is 9.94. The highest BCUT2D eigenvalue weighted by Gasteiger charge is 2.13. The number of carbonyl (C=O) groups excluding carboxylic acids is 1. The molecule has 0 unspecified atom stereocenters. The molecule has 3 rings (SSSR count). The number of rotatable bonds is 10. The lowest BCUT2D eigenvalue weighted by Crippen LogP contribution is -2.22. The van der Waals surface area contributed by atoms with Gasteiger partial charge in [0, 0.05) is 30.3 Å². The zero-order chi connectivity index (χ0) is 19.6. The molecule has 0 aliphatic rings. The summed E-state index contributed by atoms with van der Waals surface area (Å²) in [6.45, 7) is 1.19. The molecule has 3 aromatic rings. The van der Waals surface area contributed by atoms with E-state index in [1.165, 1.54) is 0 Å². The third-order valence-corrected chi connectivity index (χ3v) is 4.69. The number of hydrogen-bond acceptors (Lipinski definition) is 3. The summed E-state index contributed by atoms with van der Waals surface area (Å²) in [5.41, 5.74) is 9.45. The standard InChI is InChI=1S/C23H28N4O/c24-16-10-2-1-9-15-22(28)25-17-20-18-27(21-13-7-4-8-14-21)26-23(20)19-11-5-3-6-12-19/h3-8,11-14,18H,1-2,9-10,15-17,24H2,(H,25,28). The van der Waals surface area contributed by atoms with Crippen molar-refractivity contribution in [3.05, 3.63) is 72.4 Å². The van der Waals surface area contributed by atoms with E-state index >= 15 is 0 Å². The lowest BCUT2D eigenvalue weighted by Gasteiger charge is -2.06. The Morgan fingerprint density at radius 1 is 0.929 bits per heavy atom. The second-order valence-corrected chi connectivity index (χ2v) is 6.88. The average Bonchev–Trinajstić information content (AvgIpc) is 3.18. The number of nitrogens with one attached hydrogen (secondary N) is 1. The molecule has 1 amide bonds. The van der Waals surface area contributed by atoms with Gasteiger partial charge in [0.1, 0.15) is 0 Å². The van der Waals surface area contributed by atoms with E-state index in [1.807, 2.05) is 71.5 Å². The Morgan fingerprint density at radius 3 is 2.32 bits per heavy atom. The lowest BCUT2D eigenvalue weighted by atomic mass is 10.1. The summed E-state index contributed by atoms with van der Waals surface area (Å²) in [6, 6.07) is 20.1. The van der Waals surface area contributed by atoms with Gasteiger partial charge < -0.3 is 11.1 Å². The maximum Gasteiger partial charge on any atom is 0.220 e. The van der Waals surface area contributed by atoms with E-state index in [0.29, 0.717) is 13.0 Å². The fraction of sp³-hybridized carbons (Fsp3) is 0.304. The smallest absolute Gasteiger partial charge is 0.220 e. The van der Waals surface area contributed by atoms with Crippen molar-refractivity contribution in [1.29, 1.82) is 0 Å². The van der Waals surface area contributed by atoms with Crippen molar-refractivity contribution in [1.82, 2.24) is 15.1 Å². The summed E-state index contributed by atoms with van der Waals surface area (Å²) in [5.74, 6) is 0.0826. The number of amides is 1. The Kier molecular flexibility index (Phi) is 7.38. The molecule has 0 saturated carbocycles. The molecule has 1 aromatic heterocycles. The van der Waals surface area contributed by atoms with E-state index in [1.54, 1.807) is 0 Å². The zero-order valence-electron chi connectivity index (χ0n) is 16.2. The van der Waals surface area contributed by atoms with Crippen LogP contribution in [-0.2, 0) is 11.3 Å². The number of carbonyl (C=O) groups is 1. The Bertz CT molecular complexity index is 859. The number of para-hydroxylation sites is 1. The molecule has 0 aliphatic carbocycles. The molecule has 146 valence electrons. The van der Waals surface area contributed by atoms with E-state index in [0.717, 1.165) is 54.7 Å². The number of nitrogens with zero attached hydrogens (tertiary/aromatic N) is 2. The summed E-state index contributed by atoms with van der Waals surface area (Å²) in [7, 11) is 0. The molecule has 5 nitrogen and oxygen atoms in total. The van der Waals surface area contributed by atoms with Crippen LogP contribution in [0.5, 0.6) is 0 Å². The summed E-state index contributed by atoms with van der Waals surface area (Å²) in [6.07, 6.45) is 6.62. The van der Waals surface area contributed by atoms with Crippen molar-refractivity contribution in [2.45, 2.75) is 38.6 Å². The van der Waals surface area contributed by atoms with Crippen LogP contribution in [-0.4, -0.2) is 22.2 Å². The van der Waals surface area contributed by atoms with Gasteiger partial charge in [-0.2, -0.15) is 5.10 Å². The van der Waals surface area contributed by atoms with Crippen molar-refractivity contribution in [3.63, 3.8) is 0 Å². The minimum atomic E-state index is 0.0826. The van der Waals surface area contributed by atoms with Crippen LogP contribution >= 0.6 is 0 Å². The topological polar surface area (TPSA) is 72.9 Å². The van der Waals surface area contributed by atoms with Gasteiger partial charge in [-0.25, -0.2) is 4.68 Å². The Labute approximate surface area is 166 Å². The van der Waals surface area contributed by atoms with Gasteiger partial charge in [-0.1, -0.05) is 61.4 Å². The summed E-state index contributed by atoms with van der Waals surface area (Å²) >= 11 is 0. The molecular weight excluding hydrogens is 348 g/mol. The van der Waals surface area contributed by atoms with Gasteiger partial charge in [-0.3, -0.25) is 4.79 Å². The monoisotopic (exact) mass is 376 g/mol. The highest BCUT2D eigenvalue weighted by atomic mass is 16.1. The molecule has 0 spiro atoms. The predicted molar refractivity (Wildman–Crippen MR) is 113 cm³/mol. The van der Waals surface area contributed by atoms with Crippen LogP contribution in [0.15, 0.2) is 66.9 Å². The van der Waals surface area contributed by atoms with E-state index < -0.39 is 0 Å². The summed E-state index contributed by atoms with van der Waals surface area (Å²) in [5, 5.41) is 7.83. The molecule has 0 bridgehead atoms. The van der Waals surface area contributed by atoms with Crippen LogP contribution in [0, 0.1) is 0 Å². The third-order valence-electron chi connectivity index (χ3n) is 4.69. The van der Waals surface area contributed by atoms with Gasteiger partial charge >= 0.3 is 0 Å². The average molecular weight is 377 g/mol. The third kappa shape index (κ3) is 5.54. The maximum atomic E-state index is 12.2. The van der Waals surface area contributed by atoms with Crippen LogP contribution in [0.25, 0.3) is 16.9 Å². The van der Waals surface area contributed by atoms with Crippen LogP contribution in [0.4, 0.5) is 0 Å². The highest BCUT2D eigenvalue weighted by molar-refractivity contribution is 5.76. The molecule has 2 aromatic carbocycles. The van der Waals surface area contributed by atoms with Crippen molar-refractivity contribution >= 4 is 5.91 Å². The summed E-state index contributed by atoms with van der Waals surface area (Å²) < 4.78 is 1.87. The number of nitrogens with two attached hydrogens (primary N) is 1. The zero-order valence-corrected chi connectivity index (χ0v) is 16.2. The Hall–Kier alpha value is -2.92. The fourth-order valence-electron chi connectivity index (χ4n) is 3.16. The van der Waals surface area contributed by atoms with Crippen molar-refractivity contribution < 1.29 is 4.79 Å². The number of aromatic nitrogens is 2. The first-order chi connectivity index (χ1) is 13.8. The van der Waals surface area contributed by atoms with Crippen LogP contribution in [0.1, 0.15) is 37.7 Å². The molecule has 0 saturated heterocycles. The molecule has 28 heavy (non-hydrogen) atoms. The Morgan fingerprint density at radius 2 is 1.61 bits per heavy atom. The fourth-order valence-corrected chi connectivity index (χ4v) is 3.16. The molecule has 0 aliphatic heterocycles. The normalized spacial score (nSPS) is 10.8. The van der Waals surface area contributed by atoms with Gasteiger partial charge in [-0.05, 0) is 31.5 Å². The highest BCUT2D eigenvalue weighted by Crippen LogP contribution is 2.23. The number of benzene rings is 2. The van der Waals surface area contributed by atoms with E-state index in [-0.39, 0.29) is 5.91 Å². The first-order valence-electron chi connectivity index (χ1n) is 9.94. The molecule has 3 N–H and O–H groups in total. The minimum Gasteiger partial charge on any atom is -0.352 e. The summed E-state index contributed by atoms with van der Waals surface area (Å²) in [4.78, 5) is 12.2. The number of unbranched alkanes of at least 4 members (excludes halogenated alkanes) is 3. The van der Waals surface area contributed by atoms with Crippen molar-refractivity contribution in [2.75, 3.05) is 6.54 Å². The predicted octanol–water partition coefficient (Wildman–Crippen LogP) is 4.06. The maximum absolute atomic E-state index is 12.2. The van der Waals surface area contributed by atoms with Crippen molar-refractivity contribution in [2.24, 2.45) is 5.73 Å². The number of hydrogen-bond donors (Lipinski definition) is 2. The van der Waals surface area contributed by atoms with Gasteiger partial charge in [0.2, 0.25) is 5.91 Å². The first kappa shape index (κ1) is 19.8. The van der Waals surface area contributed by atoms with Crippen molar-refractivity contribution in [3.8, 4) is 16.9 Å². The largest absolute Gasteiger partial charge is 0.352 e. The van der Waals surface area contributed by atoms with Crippen LogP contribution in [0.3, 0.4) is 0 Å². The molecule has 0 atom stereocenters. The van der Waals surface area contributed by atoms with Crippen LogP contribution < -0.4 is 11.1 Å². The van der Waals surface area contributed by atoms with E-state index in [4.69, 9.17) is 10.8 Å². The second kappa shape index (κ2) is 10.4. The molecule has 5 heteroatoms. The Balaban J connectivity index is 1.69. The lowest BCUT2D eigenvalue weighted by molar-refractivity contribution is -0.121. The van der Waals surface area contributed by atoms with Gasteiger partial charge in [0.15, 0.2) is 0 Å². The molecular formula is C23H28N4O. The van der Waals surface area contributed by atoms with E-state index in [2.05, 4.69) is 5.32 Å². The van der Waals surface area contributed by atoms with E-state index in [9.17, 15) is 4.79 Å². The minimum absolute atomic E-state index is 0.0826.